The molecular weight excluding hydrogens is 238 g/mol. The lowest BCUT2D eigenvalue weighted by atomic mass is 10.0. The normalized spacial score (nSPS) is 17.6. The molecule has 1 aliphatic rings. The quantitative estimate of drug-likeness (QED) is 0.795. The Kier molecular flexibility index (Phi) is 5.67. The smallest absolute Gasteiger partial charge is 0.119 e. The van der Waals surface area contributed by atoms with Crippen LogP contribution in [0.5, 0.6) is 5.75 Å². The molecule has 0 radical (unpaired) electrons. The molecule has 1 unspecified atom stereocenters. The Morgan fingerprint density at radius 2 is 2.16 bits per heavy atom. The van der Waals surface area contributed by atoms with E-state index in [9.17, 15) is 5.11 Å². The van der Waals surface area contributed by atoms with Crippen LogP contribution in [0.3, 0.4) is 0 Å². The molecule has 0 heterocycles. The van der Waals surface area contributed by atoms with Gasteiger partial charge in [0.2, 0.25) is 0 Å². The van der Waals surface area contributed by atoms with Gasteiger partial charge in [-0.05, 0) is 37.1 Å². The molecule has 3 nitrogen and oxygen atoms in total. The van der Waals surface area contributed by atoms with Gasteiger partial charge in [-0.15, -0.1) is 0 Å². The van der Waals surface area contributed by atoms with E-state index in [1.165, 1.54) is 31.2 Å². The maximum atomic E-state index is 10.0. The third kappa shape index (κ3) is 4.84. The van der Waals surface area contributed by atoms with Crippen LogP contribution in [0.15, 0.2) is 24.3 Å². The van der Waals surface area contributed by atoms with Crippen molar-refractivity contribution < 1.29 is 9.84 Å². The van der Waals surface area contributed by atoms with Crippen molar-refractivity contribution in [3.05, 3.63) is 29.8 Å². The van der Waals surface area contributed by atoms with Gasteiger partial charge in [-0.1, -0.05) is 37.8 Å². The third-order valence-electron chi connectivity index (χ3n) is 3.80. The summed E-state index contributed by atoms with van der Waals surface area (Å²) in [5, 5.41) is 13.1. The van der Waals surface area contributed by atoms with E-state index in [-0.39, 0.29) is 6.10 Å². The second-order valence-corrected chi connectivity index (χ2v) is 5.53. The first kappa shape index (κ1) is 14.4. The van der Waals surface area contributed by atoms with Gasteiger partial charge in [0.25, 0.3) is 0 Å². The number of ether oxygens (including phenoxy) is 1. The van der Waals surface area contributed by atoms with Gasteiger partial charge < -0.3 is 15.2 Å². The number of rotatable bonds is 7. The average Bonchev–Trinajstić information content (AvgIpc) is 2.90. The zero-order valence-corrected chi connectivity index (χ0v) is 11.8. The molecule has 19 heavy (non-hydrogen) atoms. The first-order chi connectivity index (χ1) is 9.28. The number of aliphatic hydroxyl groups excluding tert-OH is 1. The maximum absolute atomic E-state index is 10.0. The van der Waals surface area contributed by atoms with Crippen molar-refractivity contribution in [2.75, 3.05) is 13.7 Å². The molecule has 0 bridgehead atoms. The first-order valence-electron chi connectivity index (χ1n) is 7.32. The van der Waals surface area contributed by atoms with Gasteiger partial charge in [-0.25, -0.2) is 0 Å². The van der Waals surface area contributed by atoms with Crippen LogP contribution in [0.25, 0.3) is 0 Å². The Morgan fingerprint density at radius 3 is 2.89 bits per heavy atom. The van der Waals surface area contributed by atoms with Crippen LogP contribution in [0, 0.1) is 5.92 Å². The largest absolute Gasteiger partial charge is 0.491 e. The Labute approximate surface area is 116 Å². The summed E-state index contributed by atoms with van der Waals surface area (Å²) < 4.78 is 5.69. The van der Waals surface area contributed by atoms with Gasteiger partial charge >= 0.3 is 0 Å². The highest BCUT2D eigenvalue weighted by Gasteiger charge is 2.19. The molecule has 0 aliphatic heterocycles. The van der Waals surface area contributed by atoms with E-state index in [1.54, 1.807) is 0 Å². The van der Waals surface area contributed by atoms with E-state index in [0.29, 0.717) is 12.5 Å². The highest BCUT2D eigenvalue weighted by atomic mass is 16.5. The third-order valence-corrected chi connectivity index (χ3v) is 3.80. The minimum Gasteiger partial charge on any atom is -0.491 e. The molecule has 3 heteroatoms. The van der Waals surface area contributed by atoms with E-state index >= 15 is 0 Å². The fourth-order valence-corrected chi connectivity index (χ4v) is 2.84. The number of nitrogens with one attached hydrogen (secondary N) is 1. The van der Waals surface area contributed by atoms with Crippen LogP contribution in [0.2, 0.25) is 0 Å². The van der Waals surface area contributed by atoms with Crippen LogP contribution in [-0.4, -0.2) is 24.9 Å². The summed E-state index contributed by atoms with van der Waals surface area (Å²) in [7, 11) is 1.93. The summed E-state index contributed by atoms with van der Waals surface area (Å²) in [6.07, 6.45) is 5.74. The fraction of sp³-hybridized carbons (Fsp3) is 0.625. The number of benzene rings is 1. The topological polar surface area (TPSA) is 41.5 Å². The molecule has 0 saturated heterocycles. The number of hydrogen-bond acceptors (Lipinski definition) is 3. The van der Waals surface area contributed by atoms with E-state index in [0.717, 1.165) is 18.7 Å². The highest BCUT2D eigenvalue weighted by Crippen LogP contribution is 2.28. The molecule has 1 aliphatic carbocycles. The summed E-state index contributed by atoms with van der Waals surface area (Å²) in [4.78, 5) is 0. The van der Waals surface area contributed by atoms with Crippen LogP contribution in [-0.2, 0) is 6.54 Å². The van der Waals surface area contributed by atoms with Crippen molar-refractivity contribution in [1.29, 1.82) is 0 Å². The SMILES string of the molecule is CNCc1cccc(OCC(O)CC2CCCC2)c1. The van der Waals surface area contributed by atoms with E-state index < -0.39 is 0 Å². The summed E-state index contributed by atoms with van der Waals surface area (Å²) in [6.45, 7) is 1.24. The lowest BCUT2D eigenvalue weighted by molar-refractivity contribution is 0.0855. The fourth-order valence-electron chi connectivity index (χ4n) is 2.84. The second-order valence-electron chi connectivity index (χ2n) is 5.53. The van der Waals surface area contributed by atoms with Gasteiger partial charge in [-0.3, -0.25) is 0 Å². The molecule has 1 aromatic rings. The highest BCUT2D eigenvalue weighted by molar-refractivity contribution is 5.28. The van der Waals surface area contributed by atoms with Crippen LogP contribution >= 0.6 is 0 Å². The average molecular weight is 263 g/mol. The molecule has 1 fully saturated rings. The van der Waals surface area contributed by atoms with Gasteiger partial charge in [0.15, 0.2) is 0 Å². The van der Waals surface area contributed by atoms with Crippen molar-refractivity contribution in [2.24, 2.45) is 5.92 Å². The molecule has 0 amide bonds. The predicted octanol–water partition coefficient (Wildman–Crippen LogP) is 2.73. The Bertz CT molecular complexity index is 375. The molecule has 1 saturated carbocycles. The van der Waals surface area contributed by atoms with Crippen LogP contribution in [0.4, 0.5) is 0 Å². The maximum Gasteiger partial charge on any atom is 0.119 e. The van der Waals surface area contributed by atoms with E-state index in [1.807, 2.05) is 25.2 Å². The van der Waals surface area contributed by atoms with Crippen molar-refractivity contribution in [2.45, 2.75) is 44.8 Å². The van der Waals surface area contributed by atoms with Gasteiger partial charge in [0.05, 0.1) is 6.10 Å². The van der Waals surface area contributed by atoms with E-state index in [4.69, 9.17) is 4.74 Å². The summed E-state index contributed by atoms with van der Waals surface area (Å²) in [5.74, 6) is 1.55. The Balaban J connectivity index is 1.75. The van der Waals surface area contributed by atoms with Crippen LogP contribution in [0.1, 0.15) is 37.7 Å². The van der Waals surface area contributed by atoms with Crippen molar-refractivity contribution in [3.63, 3.8) is 0 Å². The molecule has 2 rings (SSSR count). The van der Waals surface area contributed by atoms with Gasteiger partial charge in [0.1, 0.15) is 12.4 Å². The lowest BCUT2D eigenvalue weighted by Crippen LogP contribution is -2.20. The minimum absolute atomic E-state index is 0.337. The van der Waals surface area contributed by atoms with E-state index in [2.05, 4.69) is 11.4 Å². The first-order valence-corrected chi connectivity index (χ1v) is 7.32. The zero-order valence-electron chi connectivity index (χ0n) is 11.8. The molecule has 1 atom stereocenters. The monoisotopic (exact) mass is 263 g/mol. The predicted molar refractivity (Wildman–Crippen MR) is 77.3 cm³/mol. The van der Waals surface area contributed by atoms with Crippen molar-refractivity contribution in [1.82, 2.24) is 5.32 Å². The van der Waals surface area contributed by atoms with Crippen molar-refractivity contribution >= 4 is 0 Å². The number of hydrogen-bond donors (Lipinski definition) is 2. The molecule has 0 aromatic heterocycles. The van der Waals surface area contributed by atoms with Crippen LogP contribution < -0.4 is 10.1 Å². The summed E-state index contributed by atoms with van der Waals surface area (Å²) in [6, 6.07) is 8.03. The Hall–Kier alpha value is -1.06. The number of aliphatic hydroxyl groups is 1. The molecule has 2 N–H and O–H groups in total. The van der Waals surface area contributed by atoms with Gasteiger partial charge in [-0.2, -0.15) is 0 Å². The molecular formula is C16H25NO2. The standard InChI is InChI=1S/C16H25NO2/c1-17-11-14-7-4-8-16(10-14)19-12-15(18)9-13-5-2-3-6-13/h4,7-8,10,13,15,17-18H,2-3,5-6,9,11-12H2,1H3. The van der Waals surface area contributed by atoms with Gasteiger partial charge in [0, 0.05) is 6.54 Å². The molecule has 106 valence electrons. The summed E-state index contributed by atoms with van der Waals surface area (Å²) in [5.41, 5.74) is 1.20. The second kappa shape index (κ2) is 7.51. The summed E-state index contributed by atoms with van der Waals surface area (Å²) >= 11 is 0. The zero-order chi connectivity index (χ0) is 13.5. The molecule has 0 spiro atoms. The molecule has 1 aromatic carbocycles. The Morgan fingerprint density at radius 1 is 1.37 bits per heavy atom. The van der Waals surface area contributed by atoms with Crippen molar-refractivity contribution in [3.8, 4) is 5.75 Å². The minimum atomic E-state index is -0.337. The lowest BCUT2D eigenvalue weighted by Gasteiger charge is -2.16.